The van der Waals surface area contributed by atoms with Crippen LogP contribution >= 0.6 is 0 Å². The minimum Gasteiger partial charge on any atom is -0.479 e. The summed E-state index contributed by atoms with van der Waals surface area (Å²) in [6.07, 6.45) is 1.85. The first-order valence-corrected chi connectivity index (χ1v) is 10.3. The van der Waals surface area contributed by atoms with E-state index in [0.717, 1.165) is 4.90 Å². The summed E-state index contributed by atoms with van der Waals surface area (Å²) in [4.78, 5) is 38.6. The number of hydrogen-bond donors (Lipinski definition) is 1. The topological polar surface area (TPSA) is 121 Å². The van der Waals surface area contributed by atoms with E-state index in [1.54, 1.807) is 6.08 Å². The van der Waals surface area contributed by atoms with Crippen LogP contribution < -0.4 is 0 Å². The Morgan fingerprint density at radius 1 is 1.23 bits per heavy atom. The van der Waals surface area contributed by atoms with E-state index in [9.17, 15) is 14.4 Å². The number of carbonyl (C=O) groups is 3. The number of amides is 2. The zero-order valence-corrected chi connectivity index (χ0v) is 18.2. The van der Waals surface area contributed by atoms with Gasteiger partial charge in [-0.05, 0) is 30.6 Å². The molecule has 10 nitrogen and oxygen atoms in total. The molecule has 0 spiro atoms. The summed E-state index contributed by atoms with van der Waals surface area (Å²) in [5.41, 5.74) is 0. The summed E-state index contributed by atoms with van der Waals surface area (Å²) in [5.74, 6) is -0.699. The fourth-order valence-corrected chi connectivity index (χ4v) is 3.17. The zero-order chi connectivity index (χ0) is 22.8. The minimum absolute atomic E-state index is 0.0136. The molecule has 2 aliphatic heterocycles. The molecule has 10 heteroatoms. The highest BCUT2D eigenvalue weighted by Gasteiger charge is 2.47. The van der Waals surface area contributed by atoms with Gasteiger partial charge in [0.05, 0.1) is 39.1 Å². The molecule has 1 fully saturated rings. The number of methoxy groups -OCH3 is 1. The lowest BCUT2D eigenvalue weighted by Crippen LogP contribution is -2.53. The van der Waals surface area contributed by atoms with Crippen LogP contribution in [0.5, 0.6) is 0 Å². The van der Waals surface area contributed by atoms with Gasteiger partial charge in [-0.15, -0.1) is 0 Å². The van der Waals surface area contributed by atoms with Crippen molar-refractivity contribution >= 4 is 17.8 Å². The third-order valence-electron chi connectivity index (χ3n) is 4.86. The maximum atomic E-state index is 13.0. The van der Waals surface area contributed by atoms with Gasteiger partial charge >= 0.3 is 6.09 Å². The van der Waals surface area contributed by atoms with E-state index in [1.165, 1.54) is 19.3 Å². The Balaban J connectivity index is 1.95. The van der Waals surface area contributed by atoms with E-state index < -0.39 is 36.0 Å². The standard InChI is InChI=1S/C21H31NO9/c1-14(2)16-13-30-21(26)22(16)20(25)19(27-3)18-17(24)7-6-15(31-18)5-4-9-28-11-12-29-10-8-23/h5-7,14,16,18-19,23H,4,8-13H2,1-3H3/t16-,18+,19+/m0/s1. The van der Waals surface area contributed by atoms with Gasteiger partial charge in [-0.1, -0.05) is 13.8 Å². The summed E-state index contributed by atoms with van der Waals surface area (Å²) in [5, 5.41) is 8.62. The molecule has 2 amide bonds. The number of aliphatic hydroxyl groups excluding tert-OH is 1. The number of hydrogen-bond acceptors (Lipinski definition) is 9. The molecule has 0 aromatic heterocycles. The Kier molecular flexibility index (Phi) is 10.1. The van der Waals surface area contributed by atoms with E-state index in [1.807, 2.05) is 13.8 Å². The predicted molar refractivity (Wildman–Crippen MR) is 108 cm³/mol. The van der Waals surface area contributed by atoms with Crippen molar-refractivity contribution in [1.29, 1.82) is 0 Å². The number of ketones is 1. The lowest BCUT2D eigenvalue weighted by molar-refractivity contribution is -0.154. The van der Waals surface area contributed by atoms with Crippen LogP contribution in [0.3, 0.4) is 0 Å². The van der Waals surface area contributed by atoms with Crippen LogP contribution in [-0.2, 0) is 33.3 Å². The Hall–Kier alpha value is -2.27. The first-order chi connectivity index (χ1) is 14.9. The molecule has 0 aromatic carbocycles. The van der Waals surface area contributed by atoms with Crippen molar-refractivity contribution in [2.24, 2.45) is 5.92 Å². The average Bonchev–Trinajstić information content (AvgIpc) is 3.14. The number of imide groups is 1. The fourth-order valence-electron chi connectivity index (χ4n) is 3.17. The molecule has 0 saturated carbocycles. The lowest BCUT2D eigenvalue weighted by Gasteiger charge is -2.31. The summed E-state index contributed by atoms with van der Waals surface area (Å²) in [6.45, 7) is 5.29. The van der Waals surface area contributed by atoms with Gasteiger partial charge in [-0.3, -0.25) is 9.59 Å². The third-order valence-corrected chi connectivity index (χ3v) is 4.86. The molecule has 0 bridgehead atoms. The highest BCUT2D eigenvalue weighted by molar-refractivity contribution is 6.03. The number of allylic oxidation sites excluding steroid dienone is 1. The van der Waals surface area contributed by atoms with Crippen LogP contribution in [0.4, 0.5) is 4.79 Å². The monoisotopic (exact) mass is 441 g/mol. The van der Waals surface area contributed by atoms with E-state index >= 15 is 0 Å². The molecular formula is C21H31NO9. The average molecular weight is 441 g/mol. The molecule has 1 saturated heterocycles. The maximum absolute atomic E-state index is 13.0. The largest absolute Gasteiger partial charge is 0.479 e. The van der Waals surface area contributed by atoms with Crippen LogP contribution in [0, 0.1) is 5.92 Å². The van der Waals surface area contributed by atoms with Crippen LogP contribution in [-0.4, -0.2) is 92.8 Å². The molecule has 2 rings (SSSR count). The molecule has 2 heterocycles. The SMILES string of the molecule is CO[C@@H](C(=O)N1C(=O)OC[C@H]1C(C)C)[C@@H]1OC(=CCCOCCOCCO)C=CC1=O. The van der Waals surface area contributed by atoms with Gasteiger partial charge in [-0.2, -0.15) is 0 Å². The molecule has 31 heavy (non-hydrogen) atoms. The second-order valence-corrected chi connectivity index (χ2v) is 7.37. The fraction of sp³-hybridized carbons (Fsp3) is 0.667. The van der Waals surface area contributed by atoms with Gasteiger partial charge < -0.3 is 28.8 Å². The van der Waals surface area contributed by atoms with E-state index in [2.05, 4.69) is 0 Å². The van der Waals surface area contributed by atoms with Gasteiger partial charge in [-0.25, -0.2) is 9.69 Å². The van der Waals surface area contributed by atoms with E-state index in [-0.39, 0.29) is 25.7 Å². The van der Waals surface area contributed by atoms with Crippen molar-refractivity contribution < 1.29 is 43.2 Å². The van der Waals surface area contributed by atoms with Crippen LogP contribution in [0.1, 0.15) is 20.3 Å². The van der Waals surface area contributed by atoms with Crippen molar-refractivity contribution in [2.75, 3.05) is 46.8 Å². The molecule has 174 valence electrons. The zero-order valence-electron chi connectivity index (χ0n) is 18.2. The highest BCUT2D eigenvalue weighted by atomic mass is 16.6. The minimum atomic E-state index is -1.28. The number of ether oxygens (including phenoxy) is 5. The molecule has 3 atom stereocenters. The summed E-state index contributed by atoms with van der Waals surface area (Å²) in [6, 6.07) is -0.430. The smallest absolute Gasteiger partial charge is 0.417 e. The number of nitrogens with zero attached hydrogens (tertiary/aromatic N) is 1. The summed E-state index contributed by atoms with van der Waals surface area (Å²) in [7, 11) is 1.29. The van der Waals surface area contributed by atoms with Crippen molar-refractivity contribution in [2.45, 2.75) is 38.5 Å². The molecular weight excluding hydrogens is 410 g/mol. The highest BCUT2D eigenvalue weighted by Crippen LogP contribution is 2.25. The van der Waals surface area contributed by atoms with Crippen molar-refractivity contribution in [3.63, 3.8) is 0 Å². The molecule has 1 N–H and O–H groups in total. The molecule has 0 radical (unpaired) electrons. The second kappa shape index (κ2) is 12.6. The van der Waals surface area contributed by atoms with Crippen molar-refractivity contribution in [3.05, 3.63) is 24.0 Å². The quantitative estimate of drug-likeness (QED) is 0.439. The predicted octanol–water partition coefficient (Wildman–Crippen LogP) is 0.828. The van der Waals surface area contributed by atoms with Gasteiger partial charge in [0.15, 0.2) is 18.0 Å². The van der Waals surface area contributed by atoms with Crippen LogP contribution in [0.15, 0.2) is 24.0 Å². The van der Waals surface area contributed by atoms with Gasteiger partial charge in [0, 0.05) is 7.11 Å². The Bertz CT molecular complexity index is 688. The van der Waals surface area contributed by atoms with Crippen LogP contribution in [0.25, 0.3) is 0 Å². The first kappa shape index (κ1) is 25.0. The Labute approximate surface area is 181 Å². The molecule has 0 aromatic rings. The van der Waals surface area contributed by atoms with Gasteiger partial charge in [0.2, 0.25) is 0 Å². The summed E-state index contributed by atoms with van der Waals surface area (Å²) >= 11 is 0. The van der Waals surface area contributed by atoms with Crippen molar-refractivity contribution in [1.82, 2.24) is 4.90 Å². The number of aliphatic hydroxyl groups is 1. The van der Waals surface area contributed by atoms with E-state index in [4.69, 9.17) is 28.8 Å². The number of carbonyl (C=O) groups excluding carboxylic acids is 3. The van der Waals surface area contributed by atoms with Crippen molar-refractivity contribution in [3.8, 4) is 0 Å². The Morgan fingerprint density at radius 3 is 2.58 bits per heavy atom. The third kappa shape index (κ3) is 6.86. The molecule has 0 aliphatic carbocycles. The van der Waals surface area contributed by atoms with Crippen LogP contribution in [0.2, 0.25) is 0 Å². The molecule has 0 unspecified atom stereocenters. The maximum Gasteiger partial charge on any atom is 0.417 e. The van der Waals surface area contributed by atoms with Gasteiger partial charge in [0.25, 0.3) is 5.91 Å². The lowest BCUT2D eigenvalue weighted by atomic mass is 10.0. The molecule has 2 aliphatic rings. The van der Waals surface area contributed by atoms with Gasteiger partial charge in [0.1, 0.15) is 12.4 Å². The first-order valence-electron chi connectivity index (χ1n) is 10.3. The summed E-state index contributed by atoms with van der Waals surface area (Å²) < 4.78 is 26.5. The number of cyclic esters (lactones) is 1. The van der Waals surface area contributed by atoms with E-state index in [0.29, 0.717) is 32.0 Å². The Morgan fingerprint density at radius 2 is 1.94 bits per heavy atom. The second-order valence-electron chi connectivity index (χ2n) is 7.37. The number of rotatable bonds is 12. The normalized spacial score (nSPS) is 23.4.